The molecule has 2 aliphatic rings. The lowest BCUT2D eigenvalue weighted by Crippen LogP contribution is -2.35. The lowest BCUT2D eigenvalue weighted by Gasteiger charge is -2.33. The van der Waals surface area contributed by atoms with Crippen molar-refractivity contribution in [2.45, 2.75) is 33.1 Å². The highest BCUT2D eigenvalue weighted by Gasteiger charge is 2.41. The third kappa shape index (κ3) is 2.94. The minimum Gasteiger partial charge on any atom is -0.381 e. The molecule has 1 amide bonds. The van der Waals surface area contributed by atoms with Gasteiger partial charge in [-0.1, -0.05) is 0 Å². The van der Waals surface area contributed by atoms with Crippen LogP contribution in [0.15, 0.2) is 17.1 Å². The Labute approximate surface area is 151 Å². The van der Waals surface area contributed by atoms with Crippen LogP contribution in [0.2, 0.25) is 0 Å². The molecule has 0 aliphatic carbocycles. The standard InChI is InChI=1S/C18H23N5O3/c1-12-9-15(24)21-17(20-12)23-13(2)14(10-19-23)16(25)22-6-3-18(11-22)4-7-26-8-5-18/h9-10H,3-8,11H2,1-2H3,(H,20,21,24). The predicted molar refractivity (Wildman–Crippen MR) is 94.5 cm³/mol. The lowest BCUT2D eigenvalue weighted by atomic mass is 9.80. The molecule has 138 valence electrons. The maximum Gasteiger partial charge on any atom is 0.257 e. The van der Waals surface area contributed by atoms with Crippen molar-refractivity contribution in [3.05, 3.63) is 39.6 Å². The number of amides is 1. The second-order valence-corrected chi connectivity index (χ2v) is 7.35. The number of H-pyrrole nitrogens is 1. The summed E-state index contributed by atoms with van der Waals surface area (Å²) >= 11 is 0. The van der Waals surface area contributed by atoms with Crippen LogP contribution in [0.5, 0.6) is 0 Å². The molecule has 0 unspecified atom stereocenters. The molecule has 2 saturated heterocycles. The zero-order valence-electron chi connectivity index (χ0n) is 15.1. The van der Waals surface area contributed by atoms with Crippen molar-refractivity contribution in [3.63, 3.8) is 0 Å². The highest BCUT2D eigenvalue weighted by Crippen LogP contribution is 2.40. The van der Waals surface area contributed by atoms with Gasteiger partial charge in [0.25, 0.3) is 11.5 Å². The van der Waals surface area contributed by atoms with Crippen molar-refractivity contribution in [2.75, 3.05) is 26.3 Å². The summed E-state index contributed by atoms with van der Waals surface area (Å²) in [4.78, 5) is 33.6. The lowest BCUT2D eigenvalue weighted by molar-refractivity contribution is 0.0191. The first kappa shape index (κ1) is 17.0. The molecule has 8 heteroatoms. The van der Waals surface area contributed by atoms with Gasteiger partial charge in [-0.05, 0) is 38.5 Å². The van der Waals surface area contributed by atoms with Gasteiger partial charge in [0.1, 0.15) is 0 Å². The number of ether oxygens (including phenoxy) is 1. The van der Waals surface area contributed by atoms with Crippen LogP contribution in [-0.2, 0) is 4.74 Å². The van der Waals surface area contributed by atoms with Crippen LogP contribution in [0.4, 0.5) is 0 Å². The molecule has 1 spiro atoms. The molecule has 1 N–H and O–H groups in total. The Bertz CT molecular complexity index is 894. The number of nitrogens with one attached hydrogen (secondary N) is 1. The van der Waals surface area contributed by atoms with E-state index in [1.807, 2.05) is 11.8 Å². The predicted octanol–water partition coefficient (Wildman–Crippen LogP) is 1.22. The van der Waals surface area contributed by atoms with Gasteiger partial charge in [-0.2, -0.15) is 5.10 Å². The van der Waals surface area contributed by atoms with E-state index in [9.17, 15) is 9.59 Å². The zero-order valence-corrected chi connectivity index (χ0v) is 15.1. The quantitative estimate of drug-likeness (QED) is 0.872. The van der Waals surface area contributed by atoms with Gasteiger partial charge < -0.3 is 9.64 Å². The number of hydrogen-bond donors (Lipinski definition) is 1. The first-order valence-corrected chi connectivity index (χ1v) is 8.97. The van der Waals surface area contributed by atoms with Gasteiger partial charge in [-0.25, -0.2) is 9.67 Å². The third-order valence-electron chi connectivity index (χ3n) is 5.58. The summed E-state index contributed by atoms with van der Waals surface area (Å²) in [7, 11) is 0. The average molecular weight is 357 g/mol. The van der Waals surface area contributed by atoms with E-state index in [1.54, 1.807) is 13.1 Å². The fraction of sp³-hybridized carbons (Fsp3) is 0.556. The molecule has 2 fully saturated rings. The first-order chi connectivity index (χ1) is 12.5. The fourth-order valence-corrected chi connectivity index (χ4v) is 3.99. The van der Waals surface area contributed by atoms with E-state index in [4.69, 9.17) is 4.74 Å². The number of nitrogens with zero attached hydrogens (tertiary/aromatic N) is 4. The van der Waals surface area contributed by atoms with E-state index in [0.29, 0.717) is 22.9 Å². The van der Waals surface area contributed by atoms with Gasteiger partial charge in [0.2, 0.25) is 5.95 Å². The summed E-state index contributed by atoms with van der Waals surface area (Å²) < 4.78 is 6.99. The third-order valence-corrected chi connectivity index (χ3v) is 5.58. The van der Waals surface area contributed by atoms with E-state index in [-0.39, 0.29) is 16.9 Å². The Kier molecular flexibility index (Phi) is 4.14. The molecule has 0 saturated carbocycles. The molecule has 26 heavy (non-hydrogen) atoms. The van der Waals surface area contributed by atoms with Crippen LogP contribution in [0.1, 0.15) is 41.0 Å². The number of aromatic nitrogens is 4. The van der Waals surface area contributed by atoms with E-state index in [1.165, 1.54) is 10.7 Å². The number of likely N-dealkylation sites (tertiary alicyclic amines) is 1. The summed E-state index contributed by atoms with van der Waals surface area (Å²) in [6.45, 7) is 6.68. The van der Waals surface area contributed by atoms with Crippen molar-refractivity contribution in [1.82, 2.24) is 24.6 Å². The molecule has 0 bridgehead atoms. The average Bonchev–Trinajstić information content (AvgIpc) is 3.18. The number of aromatic amines is 1. The molecule has 0 radical (unpaired) electrons. The number of carbonyl (C=O) groups is 1. The van der Waals surface area contributed by atoms with Gasteiger partial charge in [0, 0.05) is 38.1 Å². The second kappa shape index (κ2) is 6.35. The minimum absolute atomic E-state index is 0.00730. The van der Waals surface area contributed by atoms with E-state index >= 15 is 0 Å². The Morgan fingerprint density at radius 1 is 1.27 bits per heavy atom. The van der Waals surface area contributed by atoms with Crippen LogP contribution in [0.3, 0.4) is 0 Å². The monoisotopic (exact) mass is 357 g/mol. The van der Waals surface area contributed by atoms with Gasteiger partial charge in [0.05, 0.1) is 17.5 Å². The highest BCUT2D eigenvalue weighted by atomic mass is 16.5. The second-order valence-electron chi connectivity index (χ2n) is 7.35. The van der Waals surface area contributed by atoms with E-state index in [0.717, 1.165) is 45.6 Å². The van der Waals surface area contributed by atoms with Crippen molar-refractivity contribution in [2.24, 2.45) is 5.41 Å². The SMILES string of the molecule is Cc1cc(=O)[nH]c(-n2ncc(C(=O)N3CCC4(CCOCC4)C3)c2C)n1. The molecule has 4 heterocycles. The molecule has 4 rings (SSSR count). The van der Waals surface area contributed by atoms with Crippen LogP contribution in [0, 0.1) is 19.3 Å². The normalized spacial score (nSPS) is 19.2. The largest absolute Gasteiger partial charge is 0.381 e. The van der Waals surface area contributed by atoms with Gasteiger partial charge in [-0.3, -0.25) is 14.6 Å². The minimum atomic E-state index is -0.240. The fourth-order valence-electron chi connectivity index (χ4n) is 3.99. The Morgan fingerprint density at radius 3 is 2.77 bits per heavy atom. The summed E-state index contributed by atoms with van der Waals surface area (Å²) in [5.41, 5.74) is 1.81. The van der Waals surface area contributed by atoms with Gasteiger partial charge in [0.15, 0.2) is 0 Å². The smallest absolute Gasteiger partial charge is 0.257 e. The van der Waals surface area contributed by atoms with E-state index < -0.39 is 0 Å². The molecule has 2 aromatic heterocycles. The van der Waals surface area contributed by atoms with Crippen molar-refractivity contribution < 1.29 is 9.53 Å². The molecule has 0 aromatic carbocycles. The molecule has 2 aliphatic heterocycles. The summed E-state index contributed by atoms with van der Waals surface area (Å²) in [6, 6.07) is 1.42. The Morgan fingerprint density at radius 2 is 2.04 bits per heavy atom. The number of aryl methyl sites for hydroxylation is 1. The summed E-state index contributed by atoms with van der Waals surface area (Å²) in [5.74, 6) is 0.320. The number of hydrogen-bond acceptors (Lipinski definition) is 5. The van der Waals surface area contributed by atoms with Crippen molar-refractivity contribution in [3.8, 4) is 5.95 Å². The van der Waals surface area contributed by atoms with Crippen LogP contribution < -0.4 is 5.56 Å². The number of carbonyl (C=O) groups excluding carboxylic acids is 1. The Balaban J connectivity index is 1.58. The van der Waals surface area contributed by atoms with Gasteiger partial charge >= 0.3 is 0 Å². The van der Waals surface area contributed by atoms with E-state index in [2.05, 4.69) is 15.1 Å². The molecule has 8 nitrogen and oxygen atoms in total. The molecule has 2 aromatic rings. The van der Waals surface area contributed by atoms with Crippen molar-refractivity contribution >= 4 is 5.91 Å². The maximum atomic E-state index is 13.0. The number of rotatable bonds is 2. The zero-order chi connectivity index (χ0) is 18.3. The van der Waals surface area contributed by atoms with Crippen LogP contribution >= 0.6 is 0 Å². The summed E-state index contributed by atoms with van der Waals surface area (Å²) in [5, 5.41) is 4.28. The Hall–Kier alpha value is -2.48. The van der Waals surface area contributed by atoms with Crippen LogP contribution in [0.25, 0.3) is 5.95 Å². The molecule has 0 atom stereocenters. The van der Waals surface area contributed by atoms with Gasteiger partial charge in [-0.15, -0.1) is 0 Å². The maximum absolute atomic E-state index is 13.0. The highest BCUT2D eigenvalue weighted by molar-refractivity contribution is 5.95. The topological polar surface area (TPSA) is 93.1 Å². The van der Waals surface area contributed by atoms with Crippen molar-refractivity contribution in [1.29, 1.82) is 0 Å². The molecular weight excluding hydrogens is 334 g/mol. The molecular formula is C18H23N5O3. The summed E-state index contributed by atoms with van der Waals surface area (Å²) in [6.07, 6.45) is 4.63. The van der Waals surface area contributed by atoms with Crippen LogP contribution in [-0.4, -0.2) is 56.9 Å². The first-order valence-electron chi connectivity index (χ1n) is 8.97.